The van der Waals surface area contributed by atoms with Gasteiger partial charge in [0.15, 0.2) is 0 Å². The Bertz CT molecular complexity index is 1780. The van der Waals surface area contributed by atoms with Crippen molar-refractivity contribution in [3.05, 3.63) is 48.5 Å². The van der Waals surface area contributed by atoms with Crippen LogP contribution in [0, 0.1) is 11.3 Å². The molecule has 0 spiro atoms. The van der Waals surface area contributed by atoms with Gasteiger partial charge >= 0.3 is 6.11 Å². The summed E-state index contributed by atoms with van der Waals surface area (Å²) in [7, 11) is 0. The van der Waals surface area contributed by atoms with Gasteiger partial charge in [-0.2, -0.15) is 8.78 Å². The monoisotopic (exact) mass is 811 g/mol. The Balaban J connectivity index is 1.40. The molecule has 0 radical (unpaired) electrons. The molecule has 4 N–H and O–H groups in total. The Hall–Kier alpha value is -5.22. The number of nitrogens with zero attached hydrogens (tertiary/aromatic N) is 3. The summed E-state index contributed by atoms with van der Waals surface area (Å²) in [5.41, 5.74) is -0.871. The number of amides is 5. The van der Waals surface area contributed by atoms with E-state index in [0.717, 1.165) is 32.1 Å². The van der Waals surface area contributed by atoms with Gasteiger partial charge in [-0.15, -0.1) is 0 Å². The normalized spacial score (nSPS) is 20.2. The fourth-order valence-electron chi connectivity index (χ4n) is 7.37. The van der Waals surface area contributed by atoms with Crippen LogP contribution in [0.3, 0.4) is 0 Å². The first-order chi connectivity index (χ1) is 27.4. The third-order valence-electron chi connectivity index (χ3n) is 10.5. The van der Waals surface area contributed by atoms with Crippen molar-refractivity contribution in [3.8, 4) is 11.5 Å². The van der Waals surface area contributed by atoms with Crippen molar-refractivity contribution in [1.82, 2.24) is 36.1 Å². The number of hydrogen-bond donors (Lipinski definition) is 4. The molecule has 15 nitrogen and oxygen atoms in total. The molecule has 58 heavy (non-hydrogen) atoms. The van der Waals surface area contributed by atoms with Crippen molar-refractivity contribution in [3.63, 3.8) is 0 Å². The molecule has 1 aliphatic heterocycles. The minimum Gasteiger partial charge on any atom is -0.488 e. The van der Waals surface area contributed by atoms with Gasteiger partial charge < -0.3 is 35.6 Å². The van der Waals surface area contributed by atoms with E-state index in [1.807, 2.05) is 6.92 Å². The summed E-state index contributed by atoms with van der Waals surface area (Å²) in [5, 5.41) is 11.1. The summed E-state index contributed by atoms with van der Waals surface area (Å²) < 4.78 is 37.7. The van der Waals surface area contributed by atoms with E-state index in [2.05, 4.69) is 36.0 Å². The third-order valence-corrected chi connectivity index (χ3v) is 10.5. The maximum absolute atomic E-state index is 14.8. The number of nitrogens with one attached hydrogen (secondary N) is 4. The minimum atomic E-state index is -3.40. The number of aromatic nitrogens is 2. The molecule has 1 aromatic heterocycles. The first-order valence-corrected chi connectivity index (χ1v) is 20.1. The van der Waals surface area contributed by atoms with Crippen molar-refractivity contribution in [2.75, 3.05) is 6.54 Å². The Morgan fingerprint density at radius 1 is 0.897 bits per heavy atom. The molecule has 5 amide bonds. The molecule has 2 aliphatic carbocycles. The molecule has 5 atom stereocenters. The topological polar surface area (TPSA) is 198 Å². The van der Waals surface area contributed by atoms with Gasteiger partial charge in [0.25, 0.3) is 11.8 Å². The van der Waals surface area contributed by atoms with Crippen molar-refractivity contribution in [2.45, 2.75) is 141 Å². The van der Waals surface area contributed by atoms with Crippen LogP contribution in [-0.2, 0) is 24.0 Å². The van der Waals surface area contributed by atoms with Crippen LogP contribution in [-0.4, -0.2) is 99.2 Å². The Morgan fingerprint density at radius 2 is 1.57 bits per heavy atom. The van der Waals surface area contributed by atoms with E-state index in [-0.39, 0.29) is 48.5 Å². The van der Waals surface area contributed by atoms with E-state index in [1.165, 1.54) is 47.8 Å². The maximum atomic E-state index is 14.8. The van der Waals surface area contributed by atoms with Gasteiger partial charge in [-0.05, 0) is 67.7 Å². The molecule has 2 heterocycles. The first-order valence-electron chi connectivity index (χ1n) is 20.1. The lowest BCUT2D eigenvalue weighted by atomic mass is 9.82. The lowest BCUT2D eigenvalue weighted by Gasteiger charge is -2.37. The van der Waals surface area contributed by atoms with Gasteiger partial charge in [-0.1, -0.05) is 53.4 Å². The van der Waals surface area contributed by atoms with Crippen LogP contribution in [0.15, 0.2) is 42.9 Å². The van der Waals surface area contributed by atoms with Crippen LogP contribution in [0.25, 0.3) is 0 Å². The first kappa shape index (κ1) is 43.9. The Labute approximate surface area is 337 Å². The van der Waals surface area contributed by atoms with Crippen molar-refractivity contribution in [1.29, 1.82) is 0 Å². The highest BCUT2D eigenvalue weighted by Crippen LogP contribution is 2.32. The molecule has 0 unspecified atom stereocenters. The van der Waals surface area contributed by atoms with Gasteiger partial charge in [-0.3, -0.25) is 33.8 Å². The van der Waals surface area contributed by atoms with Gasteiger partial charge in [-0.25, -0.2) is 4.98 Å². The second-order valence-corrected chi connectivity index (χ2v) is 16.6. The van der Waals surface area contributed by atoms with Crippen molar-refractivity contribution in [2.24, 2.45) is 11.3 Å². The second-order valence-electron chi connectivity index (χ2n) is 16.6. The standard InChI is InChI=1S/C41H55F2N7O8/c1-6-10-29(33(51)38(55)46-25-13-14-25)47-36(53)31-21-28(57-26-15-17-27(18-16-26)58-41(5,42)43)23-50(31)39(56)34(40(2,3)4)49-37(54)32(24-11-8-7-9-12-24)48-35(52)30-22-44-19-20-45-30/h15-20,22,24-25,28-29,31-32,34H,6-14,21,23H2,1-5H3,(H,46,55)(H,47,53)(H,48,52)(H,49,54)/t28-,29+,31+,32+,34-/m1/s1. The number of ether oxygens (including phenoxy) is 2. The molecular formula is C41H55F2N7O8. The van der Waals surface area contributed by atoms with Crippen LogP contribution in [0.4, 0.5) is 8.78 Å². The van der Waals surface area contributed by atoms with Gasteiger partial charge in [0, 0.05) is 31.8 Å². The summed E-state index contributed by atoms with van der Waals surface area (Å²) >= 11 is 0. The number of likely N-dealkylation sites (tertiary alicyclic amines) is 1. The van der Waals surface area contributed by atoms with Crippen molar-refractivity contribution < 1.29 is 47.0 Å². The van der Waals surface area contributed by atoms with E-state index in [0.29, 0.717) is 26.2 Å². The predicted molar refractivity (Wildman–Crippen MR) is 206 cm³/mol. The zero-order valence-electron chi connectivity index (χ0n) is 33.7. The van der Waals surface area contributed by atoms with Crippen LogP contribution in [0.5, 0.6) is 11.5 Å². The molecule has 1 aromatic carbocycles. The fraction of sp³-hybridized carbons (Fsp3) is 0.610. The lowest BCUT2D eigenvalue weighted by Crippen LogP contribution is -2.62. The summed E-state index contributed by atoms with van der Waals surface area (Å²) in [5.74, 6) is -4.06. The molecule has 2 saturated carbocycles. The van der Waals surface area contributed by atoms with Crippen molar-refractivity contribution >= 4 is 35.3 Å². The summed E-state index contributed by atoms with van der Waals surface area (Å²) in [6.07, 6.45) is 6.18. The number of hydrogen-bond acceptors (Lipinski definition) is 10. The van der Waals surface area contributed by atoms with E-state index in [9.17, 15) is 37.5 Å². The molecular weight excluding hydrogens is 756 g/mol. The Morgan fingerprint density at radius 3 is 2.16 bits per heavy atom. The third kappa shape index (κ3) is 12.1. The van der Waals surface area contributed by atoms with E-state index in [1.54, 1.807) is 20.8 Å². The highest BCUT2D eigenvalue weighted by atomic mass is 19.3. The smallest absolute Gasteiger partial charge is 0.394 e. The van der Waals surface area contributed by atoms with Crippen LogP contribution in [0.1, 0.15) is 109 Å². The minimum absolute atomic E-state index is 0.0339. The van der Waals surface area contributed by atoms with Crippen LogP contribution >= 0.6 is 0 Å². The Kier molecular flexibility index (Phi) is 14.4. The summed E-state index contributed by atoms with van der Waals surface area (Å²) in [6.45, 7) is 7.60. The number of ketones is 1. The molecule has 3 fully saturated rings. The highest BCUT2D eigenvalue weighted by molar-refractivity contribution is 6.38. The maximum Gasteiger partial charge on any atom is 0.394 e. The predicted octanol–water partition coefficient (Wildman–Crippen LogP) is 3.86. The number of rotatable bonds is 17. The number of benzene rings is 1. The molecule has 1 saturated heterocycles. The highest BCUT2D eigenvalue weighted by Gasteiger charge is 2.47. The molecule has 17 heteroatoms. The molecule has 316 valence electrons. The SMILES string of the molecule is CCC[C@H](NC(=O)[C@@H]1C[C@@H](Oc2ccc(OC(C)(F)F)cc2)CN1C(=O)[C@@H](NC(=O)[C@@H](NC(=O)c1cnccn1)C1CCCCC1)C(C)(C)C)C(=O)C(=O)NC1CC1. The lowest BCUT2D eigenvalue weighted by molar-refractivity contribution is -0.159. The van der Waals surface area contributed by atoms with Gasteiger partial charge in [0.1, 0.15) is 41.4 Å². The number of halogens is 2. The van der Waals surface area contributed by atoms with E-state index in [4.69, 9.17) is 4.74 Å². The quantitative estimate of drug-likeness (QED) is 0.170. The van der Waals surface area contributed by atoms with Crippen LogP contribution < -0.4 is 30.7 Å². The van der Waals surface area contributed by atoms with Crippen LogP contribution in [0.2, 0.25) is 0 Å². The van der Waals surface area contributed by atoms with E-state index < -0.39 is 77.1 Å². The fourth-order valence-corrected chi connectivity index (χ4v) is 7.37. The average Bonchev–Trinajstić information content (AvgIpc) is 3.90. The summed E-state index contributed by atoms with van der Waals surface area (Å²) in [6, 6.07) is 0.855. The number of Topliss-reactive ketones (excluding diaryl/α,β-unsaturated/α-hetero) is 1. The average molecular weight is 812 g/mol. The van der Waals surface area contributed by atoms with Gasteiger partial charge in [0.05, 0.1) is 18.8 Å². The number of alkyl halides is 2. The largest absolute Gasteiger partial charge is 0.488 e. The van der Waals surface area contributed by atoms with Gasteiger partial charge in [0.2, 0.25) is 23.5 Å². The second kappa shape index (κ2) is 19.0. The molecule has 0 bridgehead atoms. The zero-order chi connectivity index (χ0) is 42.2. The number of carbonyl (C=O) groups excluding carboxylic acids is 6. The molecule has 5 rings (SSSR count). The molecule has 3 aliphatic rings. The summed E-state index contributed by atoms with van der Waals surface area (Å²) in [4.78, 5) is 91.8. The molecule has 2 aromatic rings. The van der Waals surface area contributed by atoms with E-state index >= 15 is 0 Å². The zero-order valence-corrected chi connectivity index (χ0v) is 33.7. The number of carbonyl (C=O) groups is 6.